The Morgan fingerprint density at radius 2 is 2.04 bits per heavy atom. The van der Waals surface area contributed by atoms with Crippen molar-refractivity contribution in [2.75, 3.05) is 6.61 Å². The Balaban J connectivity index is 1.74. The average Bonchev–Trinajstić information content (AvgIpc) is 2.82. The third-order valence-corrected chi connectivity index (χ3v) is 7.86. The fourth-order valence-electron chi connectivity index (χ4n) is 4.37. The van der Waals surface area contributed by atoms with Crippen LogP contribution >= 0.6 is 22.6 Å². The maximum atomic E-state index is 12.6. The molecule has 2 unspecified atom stereocenters. The van der Waals surface area contributed by atoms with Gasteiger partial charge in [0.05, 0.1) is 15.7 Å². The molecule has 0 amide bonds. The van der Waals surface area contributed by atoms with Crippen LogP contribution in [0.1, 0.15) is 71.5 Å². The van der Waals surface area contributed by atoms with Crippen LogP contribution in [-0.2, 0) is 11.0 Å². The molecule has 0 saturated heterocycles. The van der Waals surface area contributed by atoms with E-state index in [-0.39, 0.29) is 16.9 Å². The van der Waals surface area contributed by atoms with E-state index in [4.69, 9.17) is 0 Å². The molecule has 5 nitrogen and oxygen atoms in total. The number of halogens is 1. The molecule has 7 heteroatoms. The quantitative estimate of drug-likeness (QED) is 0.615. The van der Waals surface area contributed by atoms with Gasteiger partial charge in [0.25, 0.3) is 0 Å². The number of nitrogens with zero attached hydrogens (tertiary/aromatic N) is 2. The molecule has 1 heterocycles. The summed E-state index contributed by atoms with van der Waals surface area (Å²) in [6, 6.07) is 2.59. The van der Waals surface area contributed by atoms with Crippen LogP contribution in [0.15, 0.2) is 6.07 Å². The molecule has 2 saturated carbocycles. The predicted octanol–water partition coefficient (Wildman–Crippen LogP) is 3.37. The Hall–Kier alpha value is 0.01000. The number of fused-ring (bicyclic) bond motifs is 1. The first kappa shape index (κ1) is 19.8. The largest absolute Gasteiger partial charge is 0.396 e. The van der Waals surface area contributed by atoms with E-state index in [2.05, 4.69) is 57.0 Å². The first-order valence-electron chi connectivity index (χ1n) is 9.13. The van der Waals surface area contributed by atoms with Crippen LogP contribution < -0.4 is 4.72 Å². The Kier molecular flexibility index (Phi) is 5.43. The summed E-state index contributed by atoms with van der Waals surface area (Å²) in [6.07, 6.45) is 2.66. The average molecular weight is 479 g/mol. The van der Waals surface area contributed by atoms with Gasteiger partial charge in [-0.3, -0.25) is 4.68 Å². The van der Waals surface area contributed by atoms with Crippen molar-refractivity contribution in [3.05, 3.63) is 15.5 Å². The van der Waals surface area contributed by atoms with Crippen molar-refractivity contribution in [2.45, 2.75) is 76.1 Å². The zero-order valence-corrected chi connectivity index (χ0v) is 18.7. The summed E-state index contributed by atoms with van der Waals surface area (Å²) in [7, 11) is -1.11. The highest BCUT2D eigenvalue weighted by Gasteiger charge is 2.63. The van der Waals surface area contributed by atoms with E-state index in [9.17, 15) is 9.32 Å². The minimum Gasteiger partial charge on any atom is -0.396 e. The molecule has 0 aliphatic heterocycles. The highest BCUT2D eigenvalue weighted by atomic mass is 127. The molecule has 0 radical (unpaired) electrons. The van der Waals surface area contributed by atoms with E-state index in [1.807, 2.05) is 20.8 Å². The lowest BCUT2D eigenvalue weighted by Gasteiger charge is -2.35. The predicted molar refractivity (Wildman–Crippen MR) is 110 cm³/mol. The molecular weight excluding hydrogens is 449 g/mol. The summed E-state index contributed by atoms with van der Waals surface area (Å²) < 4.78 is 19.0. The van der Waals surface area contributed by atoms with E-state index in [0.717, 1.165) is 16.5 Å². The monoisotopic (exact) mass is 479 g/mol. The van der Waals surface area contributed by atoms with Crippen molar-refractivity contribution in [3.8, 4) is 0 Å². The number of rotatable bonds is 6. The summed E-state index contributed by atoms with van der Waals surface area (Å²) in [5.74, 6) is 1.79. The van der Waals surface area contributed by atoms with Crippen LogP contribution in [0.2, 0.25) is 0 Å². The minimum absolute atomic E-state index is 0.139. The van der Waals surface area contributed by atoms with E-state index < -0.39 is 11.0 Å². The number of nitrogens with one attached hydrogen (secondary N) is 1. The standard InChI is InChI=1S/C18H30IN3O2S/c1-11(2)22-14(8-15(19)20-22)16-12-9-18(6-7-23,10-13(12)16)21-25(24)17(3,4)5/h8,11-13,16,21,23H,6-7,9-10H2,1-5H3/t12-,13+,16?,18?,25-/m0/s1. The van der Waals surface area contributed by atoms with E-state index in [0.29, 0.717) is 30.2 Å². The second-order valence-corrected chi connectivity index (χ2v) is 12.0. The molecule has 2 aliphatic rings. The molecule has 0 aromatic carbocycles. The maximum absolute atomic E-state index is 12.6. The molecule has 1 aromatic rings. The molecule has 2 N–H and O–H groups in total. The van der Waals surface area contributed by atoms with Crippen molar-refractivity contribution in [1.29, 1.82) is 0 Å². The lowest BCUT2D eigenvalue weighted by molar-refractivity contribution is 0.217. The van der Waals surface area contributed by atoms with Crippen molar-refractivity contribution in [2.24, 2.45) is 11.8 Å². The van der Waals surface area contributed by atoms with Crippen LogP contribution in [-0.4, -0.2) is 36.0 Å². The number of aromatic nitrogens is 2. The highest BCUT2D eigenvalue weighted by molar-refractivity contribution is 14.1. The van der Waals surface area contributed by atoms with Gasteiger partial charge < -0.3 is 5.11 Å². The number of hydrogen-bond acceptors (Lipinski definition) is 3. The van der Waals surface area contributed by atoms with Gasteiger partial charge in [-0.1, -0.05) is 0 Å². The summed E-state index contributed by atoms with van der Waals surface area (Å²) >= 11 is 2.29. The van der Waals surface area contributed by atoms with Crippen LogP contribution in [0, 0.1) is 15.5 Å². The Labute approximate surface area is 167 Å². The summed E-state index contributed by atoms with van der Waals surface area (Å²) in [6.45, 7) is 10.5. The Morgan fingerprint density at radius 1 is 1.44 bits per heavy atom. The van der Waals surface area contributed by atoms with Gasteiger partial charge in [0.15, 0.2) is 0 Å². The van der Waals surface area contributed by atoms with Crippen LogP contribution in [0.25, 0.3) is 0 Å². The molecule has 5 atom stereocenters. The number of aliphatic hydroxyl groups is 1. The van der Waals surface area contributed by atoms with Crippen molar-refractivity contribution >= 4 is 33.6 Å². The van der Waals surface area contributed by atoms with Crippen LogP contribution in [0.3, 0.4) is 0 Å². The second kappa shape index (κ2) is 6.87. The van der Waals surface area contributed by atoms with Crippen molar-refractivity contribution in [1.82, 2.24) is 14.5 Å². The zero-order chi connectivity index (χ0) is 18.6. The van der Waals surface area contributed by atoms with Crippen molar-refractivity contribution in [3.63, 3.8) is 0 Å². The topological polar surface area (TPSA) is 67.2 Å². The molecule has 0 spiro atoms. The van der Waals surface area contributed by atoms with Gasteiger partial charge >= 0.3 is 0 Å². The van der Waals surface area contributed by atoms with E-state index in [1.165, 1.54) is 5.69 Å². The Morgan fingerprint density at radius 3 is 2.52 bits per heavy atom. The second-order valence-electron chi connectivity index (χ2n) is 8.93. The van der Waals surface area contributed by atoms with Gasteiger partial charge in [-0.2, -0.15) is 5.10 Å². The lowest BCUT2D eigenvalue weighted by Crippen LogP contribution is -2.50. The van der Waals surface area contributed by atoms with E-state index >= 15 is 0 Å². The fraction of sp³-hybridized carbons (Fsp3) is 0.833. The molecule has 1 aromatic heterocycles. The van der Waals surface area contributed by atoms with Gasteiger partial charge in [0.1, 0.15) is 3.70 Å². The summed E-state index contributed by atoms with van der Waals surface area (Å²) in [4.78, 5) is 0. The zero-order valence-electron chi connectivity index (χ0n) is 15.8. The molecule has 0 bridgehead atoms. The van der Waals surface area contributed by atoms with Gasteiger partial charge in [0.2, 0.25) is 0 Å². The SMILES string of the molecule is CC(C)n1nc(I)cc1C1[C@H]2CC(CCO)(N[S@@](=O)C(C)(C)C)C[C@@H]12. The van der Waals surface area contributed by atoms with Gasteiger partial charge in [0, 0.05) is 29.8 Å². The third-order valence-electron chi connectivity index (χ3n) is 5.61. The first-order valence-corrected chi connectivity index (χ1v) is 11.4. The summed E-state index contributed by atoms with van der Waals surface area (Å²) in [5.41, 5.74) is 1.16. The Bertz CT molecular complexity index is 656. The summed E-state index contributed by atoms with van der Waals surface area (Å²) in [5, 5.41) is 14.2. The third kappa shape index (κ3) is 3.84. The smallest absolute Gasteiger partial charge is 0.123 e. The van der Waals surface area contributed by atoms with Gasteiger partial charge in [-0.05, 0) is 94.4 Å². The first-order chi connectivity index (χ1) is 11.6. The number of aliphatic hydroxyl groups excluding tert-OH is 1. The van der Waals surface area contributed by atoms with Gasteiger partial charge in [-0.15, -0.1) is 0 Å². The van der Waals surface area contributed by atoms with Gasteiger partial charge in [-0.25, -0.2) is 8.93 Å². The molecular formula is C18H30IN3O2S. The minimum atomic E-state index is -1.11. The van der Waals surface area contributed by atoms with Crippen molar-refractivity contribution < 1.29 is 9.32 Å². The molecule has 2 aliphatic carbocycles. The fourth-order valence-corrected chi connectivity index (χ4v) is 5.89. The molecule has 25 heavy (non-hydrogen) atoms. The number of hydrogen-bond donors (Lipinski definition) is 2. The normalized spacial score (nSPS) is 32.9. The molecule has 3 rings (SSSR count). The maximum Gasteiger partial charge on any atom is 0.123 e. The van der Waals surface area contributed by atoms with Crippen LogP contribution in [0.4, 0.5) is 0 Å². The van der Waals surface area contributed by atoms with E-state index in [1.54, 1.807) is 0 Å². The highest BCUT2D eigenvalue weighted by Crippen LogP contribution is 2.66. The molecule has 2 fully saturated rings. The molecule has 142 valence electrons. The van der Waals surface area contributed by atoms with Crippen LogP contribution in [0.5, 0.6) is 0 Å². The lowest BCUT2D eigenvalue weighted by atomic mass is 9.88.